The van der Waals surface area contributed by atoms with Crippen molar-refractivity contribution in [2.45, 2.75) is 19.4 Å². The Kier molecular flexibility index (Phi) is 5.22. The number of nitrogens with two attached hydrogens (primary N) is 1. The standard InChI is InChI=1S/C9H13NS.ClH/c1-7(2)6-8(10)9-4-3-5-11-9;/h3-5,8H,1,6,10H2,2H3;1H/t8-;/m1./s1. The van der Waals surface area contributed by atoms with E-state index in [1.165, 1.54) is 4.88 Å². The Morgan fingerprint density at radius 1 is 1.75 bits per heavy atom. The van der Waals surface area contributed by atoms with Gasteiger partial charge in [0.15, 0.2) is 0 Å². The Labute approximate surface area is 83.7 Å². The molecule has 0 aliphatic heterocycles. The molecule has 1 atom stereocenters. The van der Waals surface area contributed by atoms with Gasteiger partial charge in [-0.3, -0.25) is 0 Å². The predicted molar refractivity (Wildman–Crippen MR) is 57.9 cm³/mol. The van der Waals surface area contributed by atoms with Crippen LogP contribution in [-0.4, -0.2) is 0 Å². The van der Waals surface area contributed by atoms with E-state index in [9.17, 15) is 0 Å². The van der Waals surface area contributed by atoms with Crippen LogP contribution < -0.4 is 5.73 Å². The molecule has 0 unspecified atom stereocenters. The lowest BCUT2D eigenvalue weighted by atomic mass is 10.1. The van der Waals surface area contributed by atoms with Crippen molar-refractivity contribution in [2.24, 2.45) is 5.73 Å². The van der Waals surface area contributed by atoms with Crippen LogP contribution in [0.4, 0.5) is 0 Å². The molecule has 0 bridgehead atoms. The van der Waals surface area contributed by atoms with Crippen molar-refractivity contribution in [3.63, 3.8) is 0 Å². The van der Waals surface area contributed by atoms with Gasteiger partial charge in [0, 0.05) is 10.9 Å². The van der Waals surface area contributed by atoms with Crippen LogP contribution in [0, 0.1) is 0 Å². The second-order valence-corrected chi connectivity index (χ2v) is 3.76. The zero-order chi connectivity index (χ0) is 8.27. The third-order valence-electron chi connectivity index (χ3n) is 1.48. The molecule has 2 N–H and O–H groups in total. The van der Waals surface area contributed by atoms with Gasteiger partial charge >= 0.3 is 0 Å². The first-order valence-corrected chi connectivity index (χ1v) is 4.51. The van der Waals surface area contributed by atoms with Crippen molar-refractivity contribution in [2.75, 3.05) is 0 Å². The molecule has 1 heterocycles. The predicted octanol–water partition coefficient (Wildman–Crippen LogP) is 3.14. The fourth-order valence-electron chi connectivity index (χ4n) is 0.978. The maximum Gasteiger partial charge on any atom is 0.0427 e. The van der Waals surface area contributed by atoms with Crippen LogP contribution in [0.15, 0.2) is 29.7 Å². The van der Waals surface area contributed by atoms with Crippen LogP contribution in [0.1, 0.15) is 24.3 Å². The molecule has 3 heteroatoms. The number of rotatable bonds is 3. The van der Waals surface area contributed by atoms with Crippen molar-refractivity contribution in [3.8, 4) is 0 Å². The Hall–Kier alpha value is -0.310. The molecule has 0 saturated heterocycles. The monoisotopic (exact) mass is 203 g/mol. The normalized spacial score (nSPS) is 11.8. The first kappa shape index (κ1) is 11.7. The maximum absolute atomic E-state index is 5.89. The molecule has 1 aromatic heterocycles. The molecule has 0 spiro atoms. The third kappa shape index (κ3) is 3.39. The smallest absolute Gasteiger partial charge is 0.0427 e. The Bertz CT molecular complexity index is 231. The fraction of sp³-hybridized carbons (Fsp3) is 0.333. The minimum Gasteiger partial charge on any atom is -0.323 e. The first-order valence-electron chi connectivity index (χ1n) is 3.63. The summed E-state index contributed by atoms with van der Waals surface area (Å²) in [5.74, 6) is 0. The van der Waals surface area contributed by atoms with Crippen molar-refractivity contribution in [1.82, 2.24) is 0 Å². The Morgan fingerprint density at radius 2 is 2.42 bits per heavy atom. The second-order valence-electron chi connectivity index (χ2n) is 2.78. The summed E-state index contributed by atoms with van der Waals surface area (Å²) in [4.78, 5) is 1.24. The zero-order valence-corrected chi connectivity index (χ0v) is 8.75. The molecule has 0 radical (unpaired) electrons. The van der Waals surface area contributed by atoms with Gasteiger partial charge in [0.1, 0.15) is 0 Å². The van der Waals surface area contributed by atoms with Crippen LogP contribution in [0.2, 0.25) is 0 Å². The summed E-state index contributed by atoms with van der Waals surface area (Å²) < 4.78 is 0. The van der Waals surface area contributed by atoms with Crippen LogP contribution >= 0.6 is 23.7 Å². The summed E-state index contributed by atoms with van der Waals surface area (Å²) >= 11 is 1.71. The molecule has 1 rings (SSSR count). The van der Waals surface area contributed by atoms with E-state index < -0.39 is 0 Å². The van der Waals surface area contributed by atoms with E-state index in [1.54, 1.807) is 11.3 Å². The number of hydrogen-bond acceptors (Lipinski definition) is 2. The molecule has 68 valence electrons. The van der Waals surface area contributed by atoms with Crippen LogP contribution in [0.3, 0.4) is 0 Å². The highest BCUT2D eigenvalue weighted by atomic mass is 35.5. The van der Waals surface area contributed by atoms with Crippen molar-refractivity contribution in [1.29, 1.82) is 0 Å². The highest BCUT2D eigenvalue weighted by molar-refractivity contribution is 7.10. The van der Waals surface area contributed by atoms with Crippen molar-refractivity contribution < 1.29 is 0 Å². The van der Waals surface area contributed by atoms with Crippen molar-refractivity contribution in [3.05, 3.63) is 34.5 Å². The lowest BCUT2D eigenvalue weighted by Gasteiger charge is -2.07. The van der Waals surface area contributed by atoms with Gasteiger partial charge in [0.25, 0.3) is 0 Å². The SMILES string of the molecule is C=C(C)C[C@@H](N)c1cccs1.Cl. The Morgan fingerprint density at radius 3 is 2.83 bits per heavy atom. The van der Waals surface area contributed by atoms with Gasteiger partial charge in [-0.05, 0) is 24.8 Å². The van der Waals surface area contributed by atoms with Crippen LogP contribution in [-0.2, 0) is 0 Å². The molecular formula is C9H14ClNS. The van der Waals surface area contributed by atoms with Gasteiger partial charge in [-0.2, -0.15) is 0 Å². The molecule has 0 amide bonds. The second kappa shape index (κ2) is 5.36. The average Bonchev–Trinajstić information content (AvgIpc) is 2.35. The largest absolute Gasteiger partial charge is 0.323 e. The average molecular weight is 204 g/mol. The van der Waals surface area contributed by atoms with E-state index in [4.69, 9.17) is 5.73 Å². The maximum atomic E-state index is 5.89. The zero-order valence-electron chi connectivity index (χ0n) is 7.12. The topological polar surface area (TPSA) is 26.0 Å². The fourth-order valence-corrected chi connectivity index (χ4v) is 1.71. The van der Waals surface area contributed by atoms with Gasteiger partial charge in [-0.15, -0.1) is 30.3 Å². The van der Waals surface area contributed by atoms with E-state index in [0.717, 1.165) is 12.0 Å². The molecule has 1 nitrogen and oxygen atoms in total. The van der Waals surface area contributed by atoms with Gasteiger partial charge in [0.2, 0.25) is 0 Å². The lowest BCUT2D eigenvalue weighted by molar-refractivity contribution is 0.731. The minimum absolute atomic E-state index is 0. The van der Waals surface area contributed by atoms with E-state index in [1.807, 2.05) is 18.4 Å². The third-order valence-corrected chi connectivity index (χ3v) is 2.48. The van der Waals surface area contributed by atoms with Gasteiger partial charge in [-0.1, -0.05) is 11.6 Å². The molecule has 0 aromatic carbocycles. The first-order chi connectivity index (χ1) is 5.20. The van der Waals surface area contributed by atoms with Gasteiger partial charge < -0.3 is 5.73 Å². The summed E-state index contributed by atoms with van der Waals surface area (Å²) in [5, 5.41) is 2.05. The molecule has 12 heavy (non-hydrogen) atoms. The summed E-state index contributed by atoms with van der Waals surface area (Å²) in [5.41, 5.74) is 7.03. The lowest BCUT2D eigenvalue weighted by Crippen LogP contribution is -2.08. The highest BCUT2D eigenvalue weighted by Crippen LogP contribution is 2.21. The summed E-state index contributed by atoms with van der Waals surface area (Å²) in [7, 11) is 0. The molecule has 0 aliphatic carbocycles. The van der Waals surface area contributed by atoms with Crippen LogP contribution in [0.25, 0.3) is 0 Å². The van der Waals surface area contributed by atoms with E-state index >= 15 is 0 Å². The highest BCUT2D eigenvalue weighted by Gasteiger charge is 2.05. The van der Waals surface area contributed by atoms with Crippen LogP contribution in [0.5, 0.6) is 0 Å². The summed E-state index contributed by atoms with van der Waals surface area (Å²) in [6.45, 7) is 5.84. The van der Waals surface area contributed by atoms with Gasteiger partial charge in [-0.25, -0.2) is 0 Å². The minimum atomic E-state index is 0. The van der Waals surface area contributed by atoms with E-state index in [0.29, 0.717) is 0 Å². The summed E-state index contributed by atoms with van der Waals surface area (Å²) in [6.07, 6.45) is 0.889. The van der Waals surface area contributed by atoms with E-state index in [-0.39, 0.29) is 18.4 Å². The molecule has 0 saturated carbocycles. The molecule has 0 fully saturated rings. The quantitative estimate of drug-likeness (QED) is 0.751. The number of hydrogen-bond donors (Lipinski definition) is 1. The number of halogens is 1. The molecule has 0 aliphatic rings. The van der Waals surface area contributed by atoms with Gasteiger partial charge in [0.05, 0.1) is 0 Å². The summed E-state index contributed by atoms with van der Waals surface area (Å²) in [6, 6.07) is 4.24. The van der Waals surface area contributed by atoms with Crippen molar-refractivity contribution >= 4 is 23.7 Å². The molecule has 1 aromatic rings. The van der Waals surface area contributed by atoms with E-state index in [2.05, 4.69) is 12.6 Å². The Balaban J connectivity index is 0.00000121. The number of thiophene rings is 1. The molecular weight excluding hydrogens is 190 g/mol.